The van der Waals surface area contributed by atoms with Gasteiger partial charge >= 0.3 is 5.97 Å². The lowest BCUT2D eigenvalue weighted by Crippen LogP contribution is -2.67. The summed E-state index contributed by atoms with van der Waals surface area (Å²) in [5.41, 5.74) is -0.0391. The maximum absolute atomic E-state index is 12.3. The number of carbonyl (C=O) groups is 3. The maximum atomic E-state index is 12.3. The Morgan fingerprint density at radius 2 is 1.90 bits per heavy atom. The Morgan fingerprint density at radius 1 is 1.33 bits per heavy atom. The van der Waals surface area contributed by atoms with Crippen molar-refractivity contribution in [1.82, 2.24) is 4.90 Å². The molecule has 0 saturated carbocycles. The molecule has 1 fully saturated rings. The number of ether oxygens (including phenoxy) is 2. The number of hydrogen-bond donors (Lipinski definition) is 0. The summed E-state index contributed by atoms with van der Waals surface area (Å²) in [6, 6.07) is -0.425. The van der Waals surface area contributed by atoms with Crippen molar-refractivity contribution in [2.45, 2.75) is 39.3 Å². The molecule has 1 aliphatic heterocycles. The average molecular weight is 297 g/mol. The number of Topliss-reactive ketones (excluding diaryl/α,β-unsaturated/α-hetero) is 1. The van der Waals surface area contributed by atoms with E-state index in [-0.39, 0.29) is 23.5 Å². The first-order valence-electron chi connectivity index (χ1n) is 6.97. The van der Waals surface area contributed by atoms with Crippen LogP contribution in [-0.4, -0.2) is 48.9 Å². The molecule has 6 heteroatoms. The quantitative estimate of drug-likeness (QED) is 0.400. The van der Waals surface area contributed by atoms with Gasteiger partial charge in [0.25, 0.3) is 0 Å². The van der Waals surface area contributed by atoms with Crippen molar-refractivity contribution < 1.29 is 23.9 Å². The van der Waals surface area contributed by atoms with Crippen LogP contribution >= 0.6 is 0 Å². The molecule has 0 spiro atoms. The second-order valence-corrected chi connectivity index (χ2v) is 5.21. The number of ketones is 1. The van der Waals surface area contributed by atoms with Gasteiger partial charge in [0.1, 0.15) is 11.5 Å². The van der Waals surface area contributed by atoms with Crippen molar-refractivity contribution in [2.75, 3.05) is 14.2 Å². The molecule has 1 aliphatic rings. The summed E-state index contributed by atoms with van der Waals surface area (Å²) in [5, 5.41) is 0. The van der Waals surface area contributed by atoms with Crippen LogP contribution in [0.2, 0.25) is 0 Å². The number of methoxy groups -OCH3 is 2. The first-order chi connectivity index (χ1) is 9.81. The van der Waals surface area contributed by atoms with Crippen LogP contribution in [0.4, 0.5) is 0 Å². The summed E-state index contributed by atoms with van der Waals surface area (Å²) < 4.78 is 9.83. The molecule has 0 radical (unpaired) electrons. The number of hydrogen-bond acceptors (Lipinski definition) is 5. The zero-order valence-electron chi connectivity index (χ0n) is 13.2. The normalized spacial score (nSPS) is 24.0. The van der Waals surface area contributed by atoms with E-state index in [2.05, 4.69) is 11.3 Å². The van der Waals surface area contributed by atoms with Crippen LogP contribution in [0.1, 0.15) is 27.2 Å². The second kappa shape index (κ2) is 6.85. The molecule has 0 aromatic carbocycles. The lowest BCUT2D eigenvalue weighted by Gasteiger charge is -2.51. The van der Waals surface area contributed by atoms with Crippen molar-refractivity contribution in [3.05, 3.63) is 12.3 Å². The summed E-state index contributed by atoms with van der Waals surface area (Å²) in [6.07, 6.45) is 0.0367. The minimum atomic E-state index is -0.673. The highest BCUT2D eigenvalue weighted by Crippen LogP contribution is 2.39. The molecule has 4 unspecified atom stereocenters. The summed E-state index contributed by atoms with van der Waals surface area (Å²) in [4.78, 5) is 37.2. The van der Waals surface area contributed by atoms with Crippen LogP contribution in [0.15, 0.2) is 12.3 Å². The van der Waals surface area contributed by atoms with E-state index in [4.69, 9.17) is 4.74 Å². The molecule has 4 atom stereocenters. The van der Waals surface area contributed by atoms with E-state index in [1.807, 2.05) is 0 Å². The van der Waals surface area contributed by atoms with Gasteiger partial charge in [0, 0.05) is 19.4 Å². The Bertz CT molecular complexity index is 459. The Morgan fingerprint density at radius 3 is 2.33 bits per heavy atom. The van der Waals surface area contributed by atoms with E-state index in [1.165, 1.54) is 19.1 Å². The van der Waals surface area contributed by atoms with Gasteiger partial charge in [-0.3, -0.25) is 9.59 Å². The van der Waals surface area contributed by atoms with E-state index in [1.54, 1.807) is 20.8 Å². The van der Waals surface area contributed by atoms with E-state index in [0.29, 0.717) is 6.42 Å². The zero-order chi connectivity index (χ0) is 16.3. The smallest absolute Gasteiger partial charge is 0.354 e. The fourth-order valence-corrected chi connectivity index (χ4v) is 2.73. The standard InChI is InChI=1S/C15H23NO5/c1-7-11(17)8(2)13-12(10(4)20-5)14(18)16(13)9(3)15(19)21-6/h8,10,12-13H,3,7H2,1-2,4-6H3. The number of nitrogens with zero attached hydrogens (tertiary/aromatic N) is 1. The van der Waals surface area contributed by atoms with Crippen molar-refractivity contribution in [2.24, 2.45) is 11.8 Å². The number of likely N-dealkylation sites (tertiary alicyclic amines) is 1. The topological polar surface area (TPSA) is 72.9 Å². The van der Waals surface area contributed by atoms with Gasteiger partial charge in [-0.2, -0.15) is 0 Å². The Kier molecular flexibility index (Phi) is 5.66. The minimum Gasteiger partial charge on any atom is -0.464 e. The molecule has 0 aromatic heterocycles. The van der Waals surface area contributed by atoms with Gasteiger partial charge in [-0.1, -0.05) is 20.4 Å². The largest absolute Gasteiger partial charge is 0.464 e. The molecule has 0 aliphatic carbocycles. The summed E-state index contributed by atoms with van der Waals surface area (Å²) >= 11 is 0. The number of amides is 1. The SMILES string of the molecule is C=C(C(=O)OC)N1C(=O)C(C(C)OC)C1C(C)C(=O)CC. The molecule has 1 heterocycles. The molecular weight excluding hydrogens is 274 g/mol. The third-order valence-corrected chi connectivity index (χ3v) is 4.15. The molecule has 0 N–H and O–H groups in total. The molecule has 1 amide bonds. The van der Waals surface area contributed by atoms with E-state index < -0.39 is 23.8 Å². The minimum absolute atomic E-state index is 0.0310. The molecule has 118 valence electrons. The second-order valence-electron chi connectivity index (χ2n) is 5.21. The number of β-lactam (4-membered cyclic amide) rings is 1. The van der Waals surface area contributed by atoms with Gasteiger partial charge in [-0.05, 0) is 6.92 Å². The van der Waals surface area contributed by atoms with Crippen molar-refractivity contribution in [3.63, 3.8) is 0 Å². The predicted molar refractivity (Wildman–Crippen MR) is 76.2 cm³/mol. The van der Waals surface area contributed by atoms with Gasteiger partial charge < -0.3 is 14.4 Å². The van der Waals surface area contributed by atoms with Gasteiger partial charge in [0.15, 0.2) is 0 Å². The summed E-state index contributed by atoms with van der Waals surface area (Å²) in [7, 11) is 2.74. The highest BCUT2D eigenvalue weighted by atomic mass is 16.5. The molecular formula is C15H23NO5. The van der Waals surface area contributed by atoms with Crippen molar-refractivity contribution >= 4 is 17.7 Å². The van der Waals surface area contributed by atoms with Gasteiger partial charge in [0.05, 0.1) is 25.2 Å². The summed E-state index contributed by atoms with van der Waals surface area (Å²) in [5.74, 6) is -1.75. The first-order valence-corrected chi connectivity index (χ1v) is 6.97. The monoisotopic (exact) mass is 297 g/mol. The van der Waals surface area contributed by atoms with Crippen LogP contribution in [0.3, 0.4) is 0 Å². The van der Waals surface area contributed by atoms with Crippen LogP contribution in [-0.2, 0) is 23.9 Å². The van der Waals surface area contributed by atoms with Crippen LogP contribution in [0.25, 0.3) is 0 Å². The highest BCUT2D eigenvalue weighted by Gasteiger charge is 2.55. The molecule has 0 aromatic rings. The fourth-order valence-electron chi connectivity index (χ4n) is 2.73. The van der Waals surface area contributed by atoms with Crippen LogP contribution in [0.5, 0.6) is 0 Å². The third kappa shape index (κ3) is 3.00. The molecule has 1 saturated heterocycles. The Hall–Kier alpha value is -1.69. The number of carbonyl (C=O) groups excluding carboxylic acids is 3. The molecule has 1 rings (SSSR count). The Balaban J connectivity index is 3.07. The van der Waals surface area contributed by atoms with Gasteiger partial charge in [-0.15, -0.1) is 0 Å². The predicted octanol–water partition coefficient (Wildman–Crippen LogP) is 1.15. The number of rotatable bonds is 7. The van der Waals surface area contributed by atoms with E-state index in [9.17, 15) is 14.4 Å². The molecule has 6 nitrogen and oxygen atoms in total. The molecule has 21 heavy (non-hydrogen) atoms. The zero-order valence-corrected chi connectivity index (χ0v) is 13.2. The van der Waals surface area contributed by atoms with Crippen molar-refractivity contribution in [1.29, 1.82) is 0 Å². The molecule has 0 bridgehead atoms. The van der Waals surface area contributed by atoms with Crippen LogP contribution in [0, 0.1) is 11.8 Å². The van der Waals surface area contributed by atoms with E-state index in [0.717, 1.165) is 0 Å². The lowest BCUT2D eigenvalue weighted by molar-refractivity contribution is -0.170. The first kappa shape index (κ1) is 17.4. The van der Waals surface area contributed by atoms with Crippen LogP contribution < -0.4 is 0 Å². The average Bonchev–Trinajstić information content (AvgIpc) is 2.49. The van der Waals surface area contributed by atoms with E-state index >= 15 is 0 Å². The van der Waals surface area contributed by atoms with Gasteiger partial charge in [-0.25, -0.2) is 4.79 Å². The van der Waals surface area contributed by atoms with Crippen molar-refractivity contribution in [3.8, 4) is 0 Å². The maximum Gasteiger partial charge on any atom is 0.354 e. The number of esters is 1. The van der Waals surface area contributed by atoms with Gasteiger partial charge in [0.2, 0.25) is 5.91 Å². The Labute approximate surface area is 125 Å². The third-order valence-electron chi connectivity index (χ3n) is 4.15. The lowest BCUT2D eigenvalue weighted by atomic mass is 9.74. The fraction of sp³-hybridized carbons (Fsp3) is 0.667. The highest BCUT2D eigenvalue weighted by molar-refractivity contribution is 5.99. The summed E-state index contributed by atoms with van der Waals surface area (Å²) in [6.45, 7) is 8.92.